The molecule has 2 rings (SSSR count). The van der Waals surface area contributed by atoms with Crippen molar-refractivity contribution in [3.63, 3.8) is 0 Å². The number of hydrogen-bond donors (Lipinski definition) is 0. The van der Waals surface area contributed by atoms with Crippen LogP contribution in [0.1, 0.15) is 24.9 Å². The van der Waals surface area contributed by atoms with E-state index in [2.05, 4.69) is 42.2 Å². The Labute approximate surface area is 97.0 Å². The molecule has 0 N–H and O–H groups in total. The predicted molar refractivity (Wildman–Crippen MR) is 65.3 cm³/mol. The molecule has 1 heterocycles. The molecule has 0 radical (unpaired) electrons. The second kappa shape index (κ2) is 5.00. The van der Waals surface area contributed by atoms with Crippen LogP contribution >= 0.6 is 11.6 Å². The van der Waals surface area contributed by atoms with Gasteiger partial charge in [0.1, 0.15) is 0 Å². The summed E-state index contributed by atoms with van der Waals surface area (Å²) in [4.78, 5) is 2.53. The van der Waals surface area contributed by atoms with Crippen LogP contribution in [0.15, 0.2) is 30.3 Å². The second-order valence-electron chi connectivity index (χ2n) is 4.39. The average Bonchev–Trinajstić information content (AvgIpc) is 2.78. The lowest BCUT2D eigenvalue weighted by Crippen LogP contribution is -2.24. The van der Waals surface area contributed by atoms with Gasteiger partial charge in [-0.3, -0.25) is 4.90 Å². The predicted octanol–water partition coefficient (Wildman–Crippen LogP) is 3.31. The number of rotatable bonds is 3. The van der Waals surface area contributed by atoms with E-state index in [0.717, 1.165) is 12.4 Å². The Morgan fingerprint density at radius 3 is 2.73 bits per heavy atom. The Morgan fingerprint density at radius 1 is 1.40 bits per heavy atom. The molecular formula is C13H18ClN. The smallest absolute Gasteiger partial charge is 0.0320 e. The van der Waals surface area contributed by atoms with Crippen LogP contribution in [0.2, 0.25) is 0 Å². The molecule has 1 aromatic rings. The van der Waals surface area contributed by atoms with Crippen molar-refractivity contribution >= 4 is 11.6 Å². The van der Waals surface area contributed by atoms with Gasteiger partial charge >= 0.3 is 0 Å². The van der Waals surface area contributed by atoms with Crippen molar-refractivity contribution in [3.05, 3.63) is 35.9 Å². The number of halogens is 1. The summed E-state index contributed by atoms with van der Waals surface area (Å²) in [6.45, 7) is 4.62. The summed E-state index contributed by atoms with van der Waals surface area (Å²) in [7, 11) is 0. The van der Waals surface area contributed by atoms with Gasteiger partial charge in [0.05, 0.1) is 0 Å². The Morgan fingerprint density at radius 2 is 2.13 bits per heavy atom. The first-order chi connectivity index (χ1) is 7.31. The third-order valence-corrected chi connectivity index (χ3v) is 3.80. The van der Waals surface area contributed by atoms with Crippen molar-refractivity contribution in [2.75, 3.05) is 19.0 Å². The highest BCUT2D eigenvalue weighted by Crippen LogP contribution is 2.27. The van der Waals surface area contributed by atoms with Crippen molar-refractivity contribution in [2.24, 2.45) is 5.92 Å². The number of nitrogens with zero attached hydrogens (tertiary/aromatic N) is 1. The van der Waals surface area contributed by atoms with Crippen molar-refractivity contribution < 1.29 is 0 Å². The Balaban J connectivity index is 2.00. The average molecular weight is 224 g/mol. The first-order valence-corrected chi connectivity index (χ1v) is 6.19. The van der Waals surface area contributed by atoms with Gasteiger partial charge in [-0.2, -0.15) is 0 Å². The van der Waals surface area contributed by atoms with Crippen LogP contribution < -0.4 is 0 Å². The van der Waals surface area contributed by atoms with E-state index in [1.807, 2.05) is 0 Å². The monoisotopic (exact) mass is 223 g/mol. The minimum atomic E-state index is 0.527. The summed E-state index contributed by atoms with van der Waals surface area (Å²) in [6.07, 6.45) is 1.25. The van der Waals surface area contributed by atoms with Crippen LogP contribution in [-0.4, -0.2) is 23.9 Å². The molecule has 0 bridgehead atoms. The van der Waals surface area contributed by atoms with Gasteiger partial charge in [0, 0.05) is 18.5 Å². The lowest BCUT2D eigenvalue weighted by atomic mass is 10.1. The Bertz CT molecular complexity index is 299. The standard InChI is InChI=1S/C13H18ClN/c1-11(13-5-3-2-4-6-13)15-8-7-12(9-14)10-15/h2-6,11-12H,7-10H2,1H3. The summed E-state index contributed by atoms with van der Waals surface area (Å²) in [5, 5.41) is 0. The molecule has 2 heteroatoms. The first kappa shape index (κ1) is 11.0. The molecule has 1 aliphatic heterocycles. The zero-order chi connectivity index (χ0) is 10.7. The van der Waals surface area contributed by atoms with Gasteiger partial charge < -0.3 is 0 Å². The summed E-state index contributed by atoms with van der Waals surface area (Å²) < 4.78 is 0. The first-order valence-electron chi connectivity index (χ1n) is 5.66. The normalized spacial score (nSPS) is 24.3. The third kappa shape index (κ3) is 2.53. The molecule has 2 unspecified atom stereocenters. The number of alkyl halides is 1. The van der Waals surface area contributed by atoms with Crippen LogP contribution in [0.3, 0.4) is 0 Å². The van der Waals surface area contributed by atoms with Gasteiger partial charge in [-0.1, -0.05) is 30.3 Å². The molecule has 82 valence electrons. The molecule has 1 saturated heterocycles. The van der Waals surface area contributed by atoms with E-state index in [-0.39, 0.29) is 0 Å². The van der Waals surface area contributed by atoms with Crippen LogP contribution in [0.5, 0.6) is 0 Å². The zero-order valence-electron chi connectivity index (χ0n) is 9.20. The maximum atomic E-state index is 5.90. The molecule has 0 aliphatic carbocycles. The topological polar surface area (TPSA) is 3.24 Å². The van der Waals surface area contributed by atoms with E-state index in [9.17, 15) is 0 Å². The molecule has 0 amide bonds. The fraction of sp³-hybridized carbons (Fsp3) is 0.538. The fourth-order valence-electron chi connectivity index (χ4n) is 2.28. The number of benzene rings is 1. The maximum absolute atomic E-state index is 5.90. The van der Waals surface area contributed by atoms with E-state index in [0.29, 0.717) is 12.0 Å². The van der Waals surface area contributed by atoms with Gasteiger partial charge in [0.25, 0.3) is 0 Å². The molecular weight excluding hydrogens is 206 g/mol. The molecule has 1 aliphatic rings. The van der Waals surface area contributed by atoms with Gasteiger partial charge in [0.2, 0.25) is 0 Å². The second-order valence-corrected chi connectivity index (χ2v) is 4.70. The van der Waals surface area contributed by atoms with Crippen LogP contribution in [0.25, 0.3) is 0 Å². The highest BCUT2D eigenvalue weighted by molar-refractivity contribution is 6.18. The summed E-state index contributed by atoms with van der Waals surface area (Å²) >= 11 is 5.90. The lowest BCUT2D eigenvalue weighted by Gasteiger charge is -2.24. The Kier molecular flexibility index (Phi) is 3.66. The molecule has 0 aromatic heterocycles. The number of likely N-dealkylation sites (tertiary alicyclic amines) is 1. The summed E-state index contributed by atoms with van der Waals surface area (Å²) in [6, 6.07) is 11.2. The van der Waals surface area contributed by atoms with Gasteiger partial charge in [-0.05, 0) is 31.4 Å². The van der Waals surface area contributed by atoms with E-state index in [4.69, 9.17) is 11.6 Å². The van der Waals surface area contributed by atoms with Crippen molar-refractivity contribution in [1.82, 2.24) is 4.90 Å². The Hall–Kier alpha value is -0.530. The molecule has 0 saturated carbocycles. The largest absolute Gasteiger partial charge is 0.296 e. The highest BCUT2D eigenvalue weighted by Gasteiger charge is 2.25. The lowest BCUT2D eigenvalue weighted by molar-refractivity contribution is 0.255. The maximum Gasteiger partial charge on any atom is 0.0320 e. The van der Waals surface area contributed by atoms with Gasteiger partial charge in [-0.15, -0.1) is 11.6 Å². The minimum Gasteiger partial charge on any atom is -0.296 e. The van der Waals surface area contributed by atoms with E-state index in [1.165, 1.54) is 18.5 Å². The molecule has 1 nitrogen and oxygen atoms in total. The molecule has 2 atom stereocenters. The third-order valence-electron chi connectivity index (χ3n) is 3.37. The molecule has 1 fully saturated rings. The SMILES string of the molecule is CC(c1ccccc1)N1CCC(CCl)C1. The fourth-order valence-corrected chi connectivity index (χ4v) is 2.53. The van der Waals surface area contributed by atoms with Gasteiger partial charge in [-0.25, -0.2) is 0 Å². The van der Waals surface area contributed by atoms with Gasteiger partial charge in [0.15, 0.2) is 0 Å². The van der Waals surface area contributed by atoms with E-state index in [1.54, 1.807) is 0 Å². The number of hydrogen-bond acceptors (Lipinski definition) is 1. The van der Waals surface area contributed by atoms with E-state index >= 15 is 0 Å². The zero-order valence-corrected chi connectivity index (χ0v) is 9.95. The molecule has 15 heavy (non-hydrogen) atoms. The van der Waals surface area contributed by atoms with Crippen LogP contribution in [0.4, 0.5) is 0 Å². The molecule has 0 spiro atoms. The van der Waals surface area contributed by atoms with Crippen LogP contribution in [-0.2, 0) is 0 Å². The van der Waals surface area contributed by atoms with E-state index < -0.39 is 0 Å². The highest BCUT2D eigenvalue weighted by atomic mass is 35.5. The van der Waals surface area contributed by atoms with Crippen molar-refractivity contribution in [2.45, 2.75) is 19.4 Å². The summed E-state index contributed by atoms with van der Waals surface area (Å²) in [5.74, 6) is 1.50. The quantitative estimate of drug-likeness (QED) is 0.711. The summed E-state index contributed by atoms with van der Waals surface area (Å²) in [5.41, 5.74) is 1.41. The van der Waals surface area contributed by atoms with Crippen molar-refractivity contribution in [1.29, 1.82) is 0 Å². The minimum absolute atomic E-state index is 0.527. The van der Waals surface area contributed by atoms with Crippen molar-refractivity contribution in [3.8, 4) is 0 Å². The van der Waals surface area contributed by atoms with Crippen LogP contribution in [0, 0.1) is 5.92 Å². The molecule has 1 aromatic carbocycles.